The molecule has 0 bridgehead atoms. The van der Waals surface area contributed by atoms with Crippen LogP contribution in [0.3, 0.4) is 0 Å². The number of esters is 1. The fraction of sp³-hybridized carbons (Fsp3) is 0.467. The molecule has 1 rings (SSSR count). The summed E-state index contributed by atoms with van der Waals surface area (Å²) in [6.07, 6.45) is 1.70. The number of anilines is 1. The van der Waals surface area contributed by atoms with Gasteiger partial charge in [-0.15, -0.1) is 0 Å². The van der Waals surface area contributed by atoms with E-state index in [1.807, 2.05) is 6.92 Å². The SMILES string of the molecule is CCCOC(=O)CCCC(=O)Nc1cc(Cl)ccc1OC. The molecule has 6 heteroatoms. The minimum Gasteiger partial charge on any atom is -0.495 e. The van der Waals surface area contributed by atoms with Gasteiger partial charge in [-0.2, -0.15) is 0 Å². The van der Waals surface area contributed by atoms with Crippen molar-refractivity contribution in [1.82, 2.24) is 0 Å². The van der Waals surface area contributed by atoms with Crippen LogP contribution in [0, 0.1) is 0 Å². The summed E-state index contributed by atoms with van der Waals surface area (Å²) < 4.78 is 10.1. The Labute approximate surface area is 129 Å². The molecule has 1 aromatic rings. The number of hydrogen-bond donors (Lipinski definition) is 1. The summed E-state index contributed by atoms with van der Waals surface area (Å²) in [4.78, 5) is 23.1. The molecular formula is C15H20ClNO4. The van der Waals surface area contributed by atoms with Crippen molar-refractivity contribution in [2.45, 2.75) is 32.6 Å². The summed E-state index contributed by atoms with van der Waals surface area (Å²) in [5.74, 6) is 0.0685. The molecule has 0 radical (unpaired) electrons. The first-order chi connectivity index (χ1) is 10.1. The molecule has 1 amide bonds. The van der Waals surface area contributed by atoms with Crippen molar-refractivity contribution in [3.63, 3.8) is 0 Å². The second-order valence-corrected chi connectivity index (χ2v) is 4.90. The zero-order valence-electron chi connectivity index (χ0n) is 12.3. The summed E-state index contributed by atoms with van der Waals surface area (Å²) in [6.45, 7) is 2.35. The number of methoxy groups -OCH3 is 1. The van der Waals surface area contributed by atoms with Crippen LogP contribution in [0.15, 0.2) is 18.2 Å². The lowest BCUT2D eigenvalue weighted by Crippen LogP contribution is -2.13. The molecule has 0 aliphatic rings. The molecule has 0 aliphatic heterocycles. The zero-order chi connectivity index (χ0) is 15.7. The van der Waals surface area contributed by atoms with Gasteiger partial charge in [-0.1, -0.05) is 18.5 Å². The Morgan fingerprint density at radius 1 is 1.29 bits per heavy atom. The number of amides is 1. The van der Waals surface area contributed by atoms with E-state index < -0.39 is 0 Å². The summed E-state index contributed by atoms with van der Waals surface area (Å²) in [6, 6.07) is 4.98. The lowest BCUT2D eigenvalue weighted by Gasteiger charge is -2.10. The van der Waals surface area contributed by atoms with Crippen LogP contribution < -0.4 is 10.1 Å². The fourth-order valence-corrected chi connectivity index (χ4v) is 1.84. The van der Waals surface area contributed by atoms with Gasteiger partial charge in [0.15, 0.2) is 0 Å². The predicted molar refractivity (Wildman–Crippen MR) is 81.7 cm³/mol. The molecule has 0 unspecified atom stereocenters. The third-order valence-electron chi connectivity index (χ3n) is 2.69. The maximum Gasteiger partial charge on any atom is 0.305 e. The molecule has 5 nitrogen and oxygen atoms in total. The van der Waals surface area contributed by atoms with E-state index in [9.17, 15) is 9.59 Å². The highest BCUT2D eigenvalue weighted by molar-refractivity contribution is 6.31. The highest BCUT2D eigenvalue weighted by Crippen LogP contribution is 2.27. The van der Waals surface area contributed by atoms with Crippen molar-refractivity contribution in [3.05, 3.63) is 23.2 Å². The quantitative estimate of drug-likeness (QED) is 0.747. The summed E-state index contributed by atoms with van der Waals surface area (Å²) in [5.41, 5.74) is 0.517. The number of nitrogens with one attached hydrogen (secondary N) is 1. The molecule has 0 saturated carbocycles. The van der Waals surface area contributed by atoms with Gasteiger partial charge in [0.25, 0.3) is 0 Å². The molecule has 0 fully saturated rings. The number of benzene rings is 1. The van der Waals surface area contributed by atoms with Crippen molar-refractivity contribution >= 4 is 29.2 Å². The van der Waals surface area contributed by atoms with Crippen LogP contribution in [-0.2, 0) is 14.3 Å². The Hall–Kier alpha value is -1.75. The highest BCUT2D eigenvalue weighted by Gasteiger charge is 2.09. The minimum atomic E-state index is -0.273. The number of hydrogen-bond acceptors (Lipinski definition) is 4. The second kappa shape index (κ2) is 9.23. The molecule has 0 heterocycles. The molecule has 1 aromatic carbocycles. The van der Waals surface area contributed by atoms with Crippen LogP contribution in [0.2, 0.25) is 5.02 Å². The van der Waals surface area contributed by atoms with Gasteiger partial charge in [0.05, 0.1) is 19.4 Å². The van der Waals surface area contributed by atoms with Gasteiger partial charge in [0.1, 0.15) is 5.75 Å². The number of carbonyl (C=O) groups is 2. The molecule has 116 valence electrons. The largest absolute Gasteiger partial charge is 0.495 e. The van der Waals surface area contributed by atoms with Crippen LogP contribution in [0.4, 0.5) is 5.69 Å². The first-order valence-electron chi connectivity index (χ1n) is 6.85. The van der Waals surface area contributed by atoms with Gasteiger partial charge in [-0.25, -0.2) is 0 Å². The lowest BCUT2D eigenvalue weighted by atomic mass is 10.2. The molecular weight excluding hydrogens is 294 g/mol. The molecule has 1 N–H and O–H groups in total. The Bertz CT molecular complexity index is 491. The molecule has 0 saturated heterocycles. The minimum absolute atomic E-state index is 0.196. The smallest absolute Gasteiger partial charge is 0.305 e. The van der Waals surface area contributed by atoms with Gasteiger partial charge in [0.2, 0.25) is 5.91 Å². The van der Waals surface area contributed by atoms with Crippen molar-refractivity contribution in [3.8, 4) is 5.75 Å². The number of ether oxygens (including phenoxy) is 2. The van der Waals surface area contributed by atoms with Crippen LogP contribution in [0.25, 0.3) is 0 Å². The molecule has 0 aliphatic carbocycles. The Kier molecular flexibility index (Phi) is 7.61. The van der Waals surface area contributed by atoms with E-state index in [1.165, 1.54) is 7.11 Å². The fourth-order valence-electron chi connectivity index (χ4n) is 1.67. The van der Waals surface area contributed by atoms with Gasteiger partial charge in [0, 0.05) is 17.9 Å². The van der Waals surface area contributed by atoms with Gasteiger partial charge in [-0.05, 0) is 31.0 Å². The van der Waals surface area contributed by atoms with Gasteiger partial charge in [-0.3, -0.25) is 9.59 Å². The van der Waals surface area contributed by atoms with Crippen molar-refractivity contribution in [2.24, 2.45) is 0 Å². The van der Waals surface area contributed by atoms with Gasteiger partial charge < -0.3 is 14.8 Å². The predicted octanol–water partition coefficient (Wildman–Crippen LogP) is 3.41. The van der Waals surface area contributed by atoms with Crippen molar-refractivity contribution in [1.29, 1.82) is 0 Å². The van der Waals surface area contributed by atoms with Crippen LogP contribution in [0.1, 0.15) is 32.6 Å². The van der Waals surface area contributed by atoms with E-state index in [-0.39, 0.29) is 24.7 Å². The van der Waals surface area contributed by atoms with E-state index >= 15 is 0 Å². The maximum absolute atomic E-state index is 11.8. The topological polar surface area (TPSA) is 64.6 Å². The zero-order valence-corrected chi connectivity index (χ0v) is 13.0. The third kappa shape index (κ3) is 6.49. The Morgan fingerprint density at radius 3 is 2.71 bits per heavy atom. The normalized spacial score (nSPS) is 10.0. The lowest BCUT2D eigenvalue weighted by molar-refractivity contribution is -0.143. The van der Waals surface area contributed by atoms with E-state index in [4.69, 9.17) is 21.1 Å². The highest BCUT2D eigenvalue weighted by atomic mass is 35.5. The number of rotatable bonds is 8. The first kappa shape index (κ1) is 17.3. The summed E-state index contributed by atoms with van der Waals surface area (Å²) in [5, 5.41) is 3.23. The Balaban J connectivity index is 2.40. The van der Waals surface area contributed by atoms with Crippen molar-refractivity contribution in [2.75, 3.05) is 19.0 Å². The van der Waals surface area contributed by atoms with E-state index in [1.54, 1.807) is 18.2 Å². The molecule has 0 spiro atoms. The number of halogens is 1. The van der Waals surface area contributed by atoms with E-state index in [0.29, 0.717) is 29.5 Å². The number of carbonyl (C=O) groups excluding carboxylic acids is 2. The third-order valence-corrected chi connectivity index (χ3v) is 2.92. The average molecular weight is 314 g/mol. The molecule has 0 atom stereocenters. The average Bonchev–Trinajstić information content (AvgIpc) is 2.45. The monoisotopic (exact) mass is 313 g/mol. The standard InChI is InChI=1S/C15H20ClNO4/c1-3-9-21-15(19)6-4-5-14(18)17-12-10-11(16)7-8-13(12)20-2/h7-8,10H,3-6,9H2,1-2H3,(H,17,18). The van der Waals surface area contributed by atoms with Crippen LogP contribution in [-0.4, -0.2) is 25.6 Å². The van der Waals surface area contributed by atoms with Crippen molar-refractivity contribution < 1.29 is 19.1 Å². The summed E-state index contributed by atoms with van der Waals surface area (Å²) in [7, 11) is 1.52. The molecule has 21 heavy (non-hydrogen) atoms. The second-order valence-electron chi connectivity index (χ2n) is 4.47. The van der Waals surface area contributed by atoms with Crippen LogP contribution >= 0.6 is 11.6 Å². The van der Waals surface area contributed by atoms with Gasteiger partial charge >= 0.3 is 5.97 Å². The molecule has 0 aromatic heterocycles. The first-order valence-corrected chi connectivity index (χ1v) is 7.23. The maximum atomic E-state index is 11.8. The Morgan fingerprint density at radius 2 is 2.05 bits per heavy atom. The summed E-state index contributed by atoms with van der Waals surface area (Å²) >= 11 is 5.88. The van der Waals surface area contributed by atoms with E-state index in [0.717, 1.165) is 6.42 Å². The van der Waals surface area contributed by atoms with Crippen LogP contribution in [0.5, 0.6) is 5.75 Å². The van der Waals surface area contributed by atoms with E-state index in [2.05, 4.69) is 5.32 Å².